The third-order valence-electron chi connectivity index (χ3n) is 2.67. The van der Waals surface area contributed by atoms with Crippen LogP contribution in [0.15, 0.2) is 42.5 Å². The lowest BCUT2D eigenvalue weighted by Gasteiger charge is -2.08. The summed E-state index contributed by atoms with van der Waals surface area (Å²) < 4.78 is 0. The van der Waals surface area contributed by atoms with Gasteiger partial charge in [-0.3, -0.25) is 9.59 Å². The molecule has 0 heterocycles. The van der Waals surface area contributed by atoms with E-state index in [0.717, 1.165) is 0 Å². The largest absolute Gasteiger partial charge is 0.507 e. The number of carbonyl (C=O) groups excluding carboxylic acids is 2. The molecule has 6 nitrogen and oxygen atoms in total. The molecule has 20 heavy (non-hydrogen) atoms. The van der Waals surface area contributed by atoms with Gasteiger partial charge in [-0.05, 0) is 36.4 Å². The van der Waals surface area contributed by atoms with Gasteiger partial charge in [0.15, 0.2) is 0 Å². The van der Waals surface area contributed by atoms with E-state index in [1.807, 2.05) is 0 Å². The number of phenolic OH excluding ortho intramolecular Hbond substituents is 2. The van der Waals surface area contributed by atoms with Gasteiger partial charge < -0.3 is 21.3 Å². The fourth-order valence-corrected chi connectivity index (χ4v) is 1.67. The maximum Gasteiger partial charge on any atom is 0.263 e. The number of primary amides is 1. The second-order valence-corrected chi connectivity index (χ2v) is 4.07. The molecule has 0 bridgehead atoms. The molecular formula is C14H12N2O4. The number of benzene rings is 2. The average Bonchev–Trinajstić information content (AvgIpc) is 2.39. The molecule has 0 saturated carbocycles. The zero-order chi connectivity index (χ0) is 14.7. The summed E-state index contributed by atoms with van der Waals surface area (Å²) in [4.78, 5) is 22.9. The number of phenols is 2. The van der Waals surface area contributed by atoms with Crippen LogP contribution in [0.1, 0.15) is 20.7 Å². The lowest BCUT2D eigenvalue weighted by atomic mass is 10.1. The number of amides is 2. The summed E-state index contributed by atoms with van der Waals surface area (Å²) in [6.45, 7) is 0. The number of hydrogen-bond donors (Lipinski definition) is 4. The molecule has 0 atom stereocenters. The van der Waals surface area contributed by atoms with E-state index < -0.39 is 11.8 Å². The Morgan fingerprint density at radius 1 is 0.950 bits per heavy atom. The molecule has 5 N–H and O–H groups in total. The van der Waals surface area contributed by atoms with Gasteiger partial charge in [-0.25, -0.2) is 0 Å². The van der Waals surface area contributed by atoms with Gasteiger partial charge >= 0.3 is 0 Å². The molecule has 0 aromatic heterocycles. The van der Waals surface area contributed by atoms with Crippen LogP contribution in [0, 0.1) is 0 Å². The fraction of sp³-hybridized carbons (Fsp3) is 0. The first kappa shape index (κ1) is 13.4. The molecule has 2 aromatic rings. The first-order chi connectivity index (χ1) is 9.49. The van der Waals surface area contributed by atoms with Crippen molar-refractivity contribution in [3.05, 3.63) is 53.6 Å². The van der Waals surface area contributed by atoms with Crippen molar-refractivity contribution >= 4 is 17.5 Å². The molecule has 6 heteroatoms. The summed E-state index contributed by atoms with van der Waals surface area (Å²) in [7, 11) is 0. The Bertz CT molecular complexity index is 645. The maximum absolute atomic E-state index is 12.0. The van der Waals surface area contributed by atoms with Crippen LogP contribution in [0.2, 0.25) is 0 Å². The third kappa shape index (κ3) is 2.69. The van der Waals surface area contributed by atoms with Gasteiger partial charge in [0.25, 0.3) is 5.91 Å². The van der Waals surface area contributed by atoms with E-state index in [1.165, 1.54) is 42.5 Å². The highest BCUT2D eigenvalue weighted by atomic mass is 16.3. The van der Waals surface area contributed by atoms with Crippen LogP contribution in [0.25, 0.3) is 0 Å². The molecule has 0 saturated heterocycles. The number of aromatic hydroxyl groups is 2. The molecule has 0 aliphatic rings. The van der Waals surface area contributed by atoms with Gasteiger partial charge in [-0.2, -0.15) is 0 Å². The highest BCUT2D eigenvalue weighted by Gasteiger charge is 2.16. The molecular weight excluding hydrogens is 260 g/mol. The quantitative estimate of drug-likeness (QED) is 0.677. The van der Waals surface area contributed by atoms with Gasteiger partial charge in [0.1, 0.15) is 17.1 Å². The van der Waals surface area contributed by atoms with Crippen LogP contribution < -0.4 is 11.1 Å². The topological polar surface area (TPSA) is 113 Å². The van der Waals surface area contributed by atoms with Crippen LogP contribution >= 0.6 is 0 Å². The van der Waals surface area contributed by atoms with Crippen LogP contribution in [0.4, 0.5) is 5.69 Å². The molecule has 102 valence electrons. The first-order valence-electron chi connectivity index (χ1n) is 5.71. The van der Waals surface area contributed by atoms with Crippen LogP contribution in [-0.2, 0) is 0 Å². The molecule has 0 unspecified atom stereocenters. The predicted molar refractivity (Wildman–Crippen MR) is 72.7 cm³/mol. The number of anilines is 1. The van der Waals surface area contributed by atoms with Crippen molar-refractivity contribution in [1.29, 1.82) is 0 Å². The van der Waals surface area contributed by atoms with Crippen molar-refractivity contribution in [1.82, 2.24) is 0 Å². The van der Waals surface area contributed by atoms with Crippen LogP contribution in [0.5, 0.6) is 11.5 Å². The van der Waals surface area contributed by atoms with E-state index in [-0.39, 0.29) is 17.1 Å². The van der Waals surface area contributed by atoms with Gasteiger partial charge in [-0.1, -0.05) is 6.07 Å². The lowest BCUT2D eigenvalue weighted by molar-refractivity contribution is 0.0997. The highest BCUT2D eigenvalue weighted by Crippen LogP contribution is 2.27. The van der Waals surface area contributed by atoms with Crippen molar-refractivity contribution in [2.45, 2.75) is 0 Å². The minimum atomic E-state index is -0.660. The smallest absolute Gasteiger partial charge is 0.263 e. The number of hydrogen-bond acceptors (Lipinski definition) is 4. The van der Waals surface area contributed by atoms with Crippen molar-refractivity contribution < 1.29 is 19.8 Å². The lowest BCUT2D eigenvalue weighted by Crippen LogP contribution is -2.13. The summed E-state index contributed by atoms with van der Waals surface area (Å²) in [5.41, 5.74) is 5.61. The van der Waals surface area contributed by atoms with E-state index in [4.69, 9.17) is 5.73 Å². The third-order valence-corrected chi connectivity index (χ3v) is 2.67. The van der Waals surface area contributed by atoms with Crippen molar-refractivity contribution in [2.24, 2.45) is 5.73 Å². The molecule has 0 radical (unpaired) electrons. The van der Waals surface area contributed by atoms with Crippen molar-refractivity contribution in [3.63, 3.8) is 0 Å². The Balaban J connectivity index is 2.21. The fourth-order valence-electron chi connectivity index (χ4n) is 1.67. The molecule has 2 amide bonds. The molecule has 0 fully saturated rings. The highest BCUT2D eigenvalue weighted by molar-refractivity contribution is 6.08. The summed E-state index contributed by atoms with van der Waals surface area (Å²) >= 11 is 0. The molecule has 2 rings (SSSR count). The Hall–Kier alpha value is -3.02. The summed E-state index contributed by atoms with van der Waals surface area (Å²) in [6, 6.07) is 9.92. The van der Waals surface area contributed by atoms with E-state index >= 15 is 0 Å². The Labute approximate surface area is 114 Å². The minimum absolute atomic E-state index is 0.216. The standard InChI is InChI=1S/C14H12N2O4/c15-13(19)8-4-6-9(7-5-8)16-14(20)12-10(17)2-1-3-11(12)18/h1-7,17-18H,(H2,15,19)(H,16,20). The maximum atomic E-state index is 12.0. The average molecular weight is 272 g/mol. The first-order valence-corrected chi connectivity index (χ1v) is 5.71. The van der Waals surface area contributed by atoms with Gasteiger partial charge in [0.05, 0.1) is 0 Å². The monoisotopic (exact) mass is 272 g/mol. The number of nitrogens with one attached hydrogen (secondary N) is 1. The van der Waals surface area contributed by atoms with Crippen LogP contribution in [0.3, 0.4) is 0 Å². The second kappa shape index (κ2) is 5.31. The SMILES string of the molecule is NC(=O)c1ccc(NC(=O)c2c(O)cccc2O)cc1. The Kier molecular flexibility index (Phi) is 3.56. The normalized spacial score (nSPS) is 10.0. The van der Waals surface area contributed by atoms with Gasteiger partial charge in [0.2, 0.25) is 5.91 Å². The number of carbonyl (C=O) groups is 2. The Morgan fingerprint density at radius 2 is 1.50 bits per heavy atom. The Morgan fingerprint density at radius 3 is 2.00 bits per heavy atom. The second-order valence-electron chi connectivity index (χ2n) is 4.07. The minimum Gasteiger partial charge on any atom is -0.507 e. The molecule has 2 aromatic carbocycles. The van der Waals surface area contributed by atoms with Crippen molar-refractivity contribution in [3.8, 4) is 11.5 Å². The molecule has 0 aliphatic carbocycles. The zero-order valence-electron chi connectivity index (χ0n) is 10.3. The number of rotatable bonds is 3. The summed E-state index contributed by atoms with van der Waals surface area (Å²) in [5, 5.41) is 21.6. The number of nitrogens with two attached hydrogens (primary N) is 1. The van der Waals surface area contributed by atoms with E-state index in [1.54, 1.807) is 0 Å². The van der Waals surface area contributed by atoms with Gasteiger partial charge in [0, 0.05) is 11.3 Å². The summed E-state index contributed by atoms with van der Waals surface area (Å²) in [5.74, 6) is -1.87. The van der Waals surface area contributed by atoms with Crippen molar-refractivity contribution in [2.75, 3.05) is 5.32 Å². The van der Waals surface area contributed by atoms with Gasteiger partial charge in [-0.15, -0.1) is 0 Å². The van der Waals surface area contributed by atoms with Crippen LogP contribution in [-0.4, -0.2) is 22.0 Å². The predicted octanol–water partition coefficient (Wildman–Crippen LogP) is 1.45. The zero-order valence-corrected chi connectivity index (χ0v) is 10.3. The van der Waals surface area contributed by atoms with E-state index in [9.17, 15) is 19.8 Å². The molecule has 0 spiro atoms. The summed E-state index contributed by atoms with van der Waals surface area (Å²) in [6.07, 6.45) is 0. The van der Waals surface area contributed by atoms with E-state index in [0.29, 0.717) is 11.3 Å². The van der Waals surface area contributed by atoms with E-state index in [2.05, 4.69) is 5.32 Å². The molecule has 0 aliphatic heterocycles.